The number of allylic oxidation sites excluding steroid dienone is 1. The van der Waals surface area contributed by atoms with Gasteiger partial charge in [0.1, 0.15) is 23.4 Å². The first-order valence-corrected chi connectivity index (χ1v) is 11.9. The highest BCUT2D eigenvalue weighted by molar-refractivity contribution is 6.42. The minimum atomic E-state index is -0.543. The molecule has 0 aliphatic heterocycles. The van der Waals surface area contributed by atoms with Gasteiger partial charge < -0.3 is 9.84 Å². The smallest absolute Gasteiger partial charge is 0.228 e. The SMILES string of the molecule is CCC1CCCC(C=CC2Cc3c(O)cc(F)cc3C2Oc2ccc(C(=O)C(C)=O)cc2)C1. The van der Waals surface area contributed by atoms with Crippen LogP contribution in [0.15, 0.2) is 48.6 Å². The zero-order valence-electron chi connectivity index (χ0n) is 19.2. The van der Waals surface area contributed by atoms with Gasteiger partial charge in [0.15, 0.2) is 5.78 Å². The highest BCUT2D eigenvalue weighted by Crippen LogP contribution is 2.44. The van der Waals surface area contributed by atoms with Crippen LogP contribution < -0.4 is 4.74 Å². The fourth-order valence-electron chi connectivity index (χ4n) is 5.23. The summed E-state index contributed by atoms with van der Waals surface area (Å²) in [4.78, 5) is 23.2. The van der Waals surface area contributed by atoms with Crippen molar-refractivity contribution < 1.29 is 23.8 Å². The molecule has 2 aromatic rings. The number of hydrogen-bond acceptors (Lipinski definition) is 4. The topological polar surface area (TPSA) is 63.6 Å². The number of aromatic hydroxyl groups is 1. The Balaban J connectivity index is 1.57. The number of halogens is 1. The maximum Gasteiger partial charge on any atom is 0.228 e. The number of ether oxygens (including phenoxy) is 1. The van der Waals surface area contributed by atoms with Crippen LogP contribution in [-0.4, -0.2) is 16.7 Å². The van der Waals surface area contributed by atoms with Crippen LogP contribution in [0.2, 0.25) is 0 Å². The number of carbonyl (C=O) groups is 2. The predicted molar refractivity (Wildman–Crippen MR) is 125 cm³/mol. The molecule has 2 aliphatic carbocycles. The molecular weight excluding hydrogens is 419 g/mol. The second kappa shape index (κ2) is 9.90. The third-order valence-corrected chi connectivity index (χ3v) is 7.09. The van der Waals surface area contributed by atoms with Crippen molar-refractivity contribution in [1.82, 2.24) is 0 Å². The zero-order chi connectivity index (χ0) is 23.5. The molecule has 0 aromatic heterocycles. The van der Waals surface area contributed by atoms with E-state index in [0.29, 0.717) is 29.2 Å². The number of rotatable bonds is 7. The van der Waals surface area contributed by atoms with E-state index < -0.39 is 23.5 Å². The summed E-state index contributed by atoms with van der Waals surface area (Å²) in [5.41, 5.74) is 1.68. The van der Waals surface area contributed by atoms with Crippen LogP contribution in [0.25, 0.3) is 0 Å². The predicted octanol–water partition coefficient (Wildman–Crippen LogP) is 6.37. The van der Waals surface area contributed by atoms with E-state index in [9.17, 15) is 19.1 Å². The van der Waals surface area contributed by atoms with Crippen molar-refractivity contribution in [3.8, 4) is 11.5 Å². The largest absolute Gasteiger partial charge is 0.508 e. The maximum atomic E-state index is 14.1. The lowest BCUT2D eigenvalue weighted by atomic mass is 9.79. The Hall–Kier alpha value is -2.95. The van der Waals surface area contributed by atoms with Crippen LogP contribution in [-0.2, 0) is 11.2 Å². The van der Waals surface area contributed by atoms with Gasteiger partial charge >= 0.3 is 0 Å². The summed E-state index contributed by atoms with van der Waals surface area (Å²) in [6, 6.07) is 9.03. The molecule has 4 nitrogen and oxygen atoms in total. The van der Waals surface area contributed by atoms with Crippen molar-refractivity contribution in [2.45, 2.75) is 58.5 Å². The second-order valence-corrected chi connectivity index (χ2v) is 9.39. The molecule has 1 saturated carbocycles. The summed E-state index contributed by atoms with van der Waals surface area (Å²) in [6.45, 7) is 3.50. The molecule has 2 aromatic carbocycles. The molecule has 0 bridgehead atoms. The normalized spacial score (nSPS) is 24.6. The third-order valence-electron chi connectivity index (χ3n) is 7.09. The van der Waals surface area contributed by atoms with Crippen molar-refractivity contribution in [3.05, 3.63) is 71.1 Å². The summed E-state index contributed by atoms with van der Waals surface area (Å²) < 4.78 is 20.4. The zero-order valence-corrected chi connectivity index (χ0v) is 19.2. The molecule has 33 heavy (non-hydrogen) atoms. The van der Waals surface area contributed by atoms with Gasteiger partial charge in [-0.05, 0) is 61.4 Å². The van der Waals surface area contributed by atoms with Crippen LogP contribution >= 0.6 is 0 Å². The van der Waals surface area contributed by atoms with Crippen LogP contribution in [0.5, 0.6) is 11.5 Å². The molecule has 1 N–H and O–H groups in total. The lowest BCUT2D eigenvalue weighted by Crippen LogP contribution is -2.16. The van der Waals surface area contributed by atoms with E-state index in [0.717, 1.165) is 17.5 Å². The summed E-state index contributed by atoms with van der Waals surface area (Å²) >= 11 is 0. The molecule has 4 unspecified atom stereocenters. The third kappa shape index (κ3) is 5.18. The number of hydrogen-bond donors (Lipinski definition) is 1. The lowest BCUT2D eigenvalue weighted by Gasteiger charge is -2.27. The first-order chi connectivity index (χ1) is 15.9. The molecule has 4 rings (SSSR count). The van der Waals surface area contributed by atoms with E-state index in [-0.39, 0.29) is 11.7 Å². The Kier molecular flexibility index (Phi) is 6.96. The fourth-order valence-corrected chi connectivity index (χ4v) is 5.23. The van der Waals surface area contributed by atoms with E-state index in [1.807, 2.05) is 0 Å². The average molecular weight is 451 g/mol. The van der Waals surface area contributed by atoms with Crippen molar-refractivity contribution in [2.24, 2.45) is 17.8 Å². The molecule has 5 heteroatoms. The Bertz CT molecular complexity index is 1060. The Morgan fingerprint density at radius 2 is 1.91 bits per heavy atom. The number of carbonyl (C=O) groups excluding carboxylic acids is 2. The number of Topliss-reactive ketones (excluding diaryl/α,β-unsaturated/α-hetero) is 2. The van der Waals surface area contributed by atoms with E-state index in [2.05, 4.69) is 19.1 Å². The van der Waals surface area contributed by atoms with Crippen LogP contribution in [0.3, 0.4) is 0 Å². The van der Waals surface area contributed by atoms with Crippen LogP contribution in [0.1, 0.15) is 73.5 Å². The van der Waals surface area contributed by atoms with Gasteiger partial charge in [0.05, 0.1) is 0 Å². The number of ketones is 2. The highest BCUT2D eigenvalue weighted by Gasteiger charge is 2.35. The van der Waals surface area contributed by atoms with Gasteiger partial charge in [0.25, 0.3) is 0 Å². The first-order valence-electron chi connectivity index (χ1n) is 11.9. The molecule has 4 atom stereocenters. The minimum Gasteiger partial charge on any atom is -0.508 e. The lowest BCUT2D eigenvalue weighted by molar-refractivity contribution is -0.113. The molecule has 0 amide bonds. The van der Waals surface area contributed by atoms with E-state index in [1.54, 1.807) is 24.3 Å². The Labute approximate surface area is 194 Å². The van der Waals surface area contributed by atoms with E-state index >= 15 is 0 Å². The molecule has 0 saturated heterocycles. The van der Waals surface area contributed by atoms with Crippen molar-refractivity contribution in [1.29, 1.82) is 0 Å². The summed E-state index contributed by atoms with van der Waals surface area (Å²) in [5, 5.41) is 10.4. The van der Waals surface area contributed by atoms with Gasteiger partial charge in [-0.1, -0.05) is 38.3 Å². The minimum absolute atomic E-state index is 0.0340. The van der Waals surface area contributed by atoms with Crippen molar-refractivity contribution >= 4 is 11.6 Å². The van der Waals surface area contributed by atoms with Gasteiger partial charge in [0, 0.05) is 35.6 Å². The van der Waals surface area contributed by atoms with Crippen molar-refractivity contribution in [3.63, 3.8) is 0 Å². The first kappa shape index (κ1) is 23.2. The Morgan fingerprint density at radius 3 is 2.61 bits per heavy atom. The van der Waals surface area contributed by atoms with E-state index in [1.165, 1.54) is 45.1 Å². The standard InChI is InChI=1S/C28H31FO4/c1-3-18-5-4-6-19(13-18)7-8-21-14-24-25(15-22(29)16-26(24)31)28(21)33-23-11-9-20(10-12-23)27(32)17(2)30/h7-12,15-16,18-19,21,28,31H,3-6,13-14H2,1-2H3. The number of phenolic OH excluding ortho intramolecular Hbond substituents is 1. The second-order valence-electron chi connectivity index (χ2n) is 9.39. The van der Waals surface area contributed by atoms with Crippen LogP contribution in [0.4, 0.5) is 4.39 Å². The molecule has 0 radical (unpaired) electrons. The molecule has 1 fully saturated rings. The fraction of sp³-hybridized carbons (Fsp3) is 0.429. The number of benzene rings is 2. The van der Waals surface area contributed by atoms with Crippen molar-refractivity contribution in [2.75, 3.05) is 0 Å². The van der Waals surface area contributed by atoms with E-state index in [4.69, 9.17) is 4.74 Å². The summed E-state index contributed by atoms with van der Waals surface area (Å²) in [5.74, 6) is 0.208. The molecule has 0 heterocycles. The van der Waals surface area contributed by atoms with Gasteiger partial charge in [-0.3, -0.25) is 9.59 Å². The Morgan fingerprint density at radius 1 is 1.15 bits per heavy atom. The molecular formula is C28H31FO4. The van der Waals surface area contributed by atoms with Gasteiger partial charge in [0.2, 0.25) is 5.78 Å². The molecule has 174 valence electrons. The maximum absolute atomic E-state index is 14.1. The molecule has 2 aliphatic rings. The van der Waals surface area contributed by atoms with Gasteiger partial charge in [-0.2, -0.15) is 0 Å². The van der Waals surface area contributed by atoms with Crippen LogP contribution in [0, 0.1) is 23.6 Å². The quantitative estimate of drug-likeness (QED) is 0.302. The highest BCUT2D eigenvalue weighted by atomic mass is 19.1. The monoisotopic (exact) mass is 450 g/mol. The molecule has 0 spiro atoms. The number of fused-ring (bicyclic) bond motifs is 1. The summed E-state index contributed by atoms with van der Waals surface area (Å²) in [7, 11) is 0. The van der Waals surface area contributed by atoms with Gasteiger partial charge in [-0.25, -0.2) is 4.39 Å². The number of phenols is 1. The summed E-state index contributed by atoms with van der Waals surface area (Å²) in [6.07, 6.45) is 10.7. The van der Waals surface area contributed by atoms with Gasteiger partial charge in [-0.15, -0.1) is 0 Å². The average Bonchev–Trinajstić information content (AvgIpc) is 3.15.